The number of rotatable bonds is 4. The van der Waals surface area contributed by atoms with Gasteiger partial charge in [-0.05, 0) is 48.3 Å². The molecular formula is C10H16BrNO2S2. The van der Waals surface area contributed by atoms with Crippen LogP contribution in [0.25, 0.3) is 0 Å². The zero-order valence-electron chi connectivity index (χ0n) is 9.82. The molecule has 3 nitrogen and oxygen atoms in total. The largest absolute Gasteiger partial charge is 0.252 e. The Morgan fingerprint density at radius 2 is 2.00 bits per heavy atom. The SMILES string of the molecule is CCC(C)(C)N(C)S(=O)(=O)c1ccc(Br)s1. The van der Waals surface area contributed by atoms with Crippen molar-refractivity contribution in [1.29, 1.82) is 0 Å². The van der Waals surface area contributed by atoms with Gasteiger partial charge in [0.15, 0.2) is 0 Å². The third kappa shape index (κ3) is 2.67. The van der Waals surface area contributed by atoms with Crippen molar-refractivity contribution in [3.8, 4) is 0 Å². The Bertz CT molecular complexity index is 465. The smallest absolute Gasteiger partial charge is 0.206 e. The summed E-state index contributed by atoms with van der Waals surface area (Å²) in [6.07, 6.45) is 0.773. The molecule has 0 atom stereocenters. The van der Waals surface area contributed by atoms with Crippen LogP contribution >= 0.6 is 27.3 Å². The lowest BCUT2D eigenvalue weighted by molar-refractivity contribution is 0.257. The predicted molar refractivity (Wildman–Crippen MR) is 71.3 cm³/mol. The molecule has 1 aromatic rings. The normalized spacial score (nSPS) is 13.4. The van der Waals surface area contributed by atoms with Crippen molar-refractivity contribution in [3.05, 3.63) is 15.9 Å². The highest BCUT2D eigenvalue weighted by Crippen LogP contribution is 2.31. The summed E-state index contributed by atoms with van der Waals surface area (Å²) in [5.74, 6) is 0. The second-order valence-corrected chi connectivity index (χ2v) is 8.86. The lowest BCUT2D eigenvalue weighted by Crippen LogP contribution is -2.44. The Hall–Kier alpha value is 0.0900. The van der Waals surface area contributed by atoms with Crippen LogP contribution in [0.15, 0.2) is 20.1 Å². The van der Waals surface area contributed by atoms with Crippen LogP contribution in [0.3, 0.4) is 0 Å². The summed E-state index contributed by atoms with van der Waals surface area (Å²) >= 11 is 4.51. The Morgan fingerprint density at radius 1 is 1.44 bits per heavy atom. The van der Waals surface area contributed by atoms with Crippen LogP contribution in [0, 0.1) is 0 Å². The van der Waals surface area contributed by atoms with E-state index in [1.54, 1.807) is 19.2 Å². The third-order valence-electron chi connectivity index (χ3n) is 2.88. The summed E-state index contributed by atoms with van der Waals surface area (Å²) in [7, 11) is -1.73. The van der Waals surface area contributed by atoms with E-state index in [0.717, 1.165) is 10.2 Å². The van der Waals surface area contributed by atoms with E-state index in [4.69, 9.17) is 0 Å². The fourth-order valence-corrected chi connectivity index (χ4v) is 4.88. The fourth-order valence-electron chi connectivity index (χ4n) is 1.12. The highest BCUT2D eigenvalue weighted by Gasteiger charge is 2.33. The van der Waals surface area contributed by atoms with Crippen LogP contribution in [-0.4, -0.2) is 25.3 Å². The molecule has 6 heteroatoms. The van der Waals surface area contributed by atoms with E-state index in [-0.39, 0.29) is 5.54 Å². The van der Waals surface area contributed by atoms with Crippen LogP contribution in [0.4, 0.5) is 0 Å². The van der Waals surface area contributed by atoms with Gasteiger partial charge in [0, 0.05) is 12.6 Å². The molecule has 0 bridgehead atoms. The van der Waals surface area contributed by atoms with E-state index >= 15 is 0 Å². The molecule has 0 N–H and O–H groups in total. The fraction of sp³-hybridized carbons (Fsp3) is 0.600. The van der Waals surface area contributed by atoms with E-state index in [9.17, 15) is 8.42 Å². The molecule has 1 rings (SSSR count). The molecule has 0 saturated carbocycles. The van der Waals surface area contributed by atoms with Crippen LogP contribution in [-0.2, 0) is 10.0 Å². The van der Waals surface area contributed by atoms with Gasteiger partial charge < -0.3 is 0 Å². The van der Waals surface area contributed by atoms with Crippen molar-refractivity contribution in [2.75, 3.05) is 7.05 Å². The van der Waals surface area contributed by atoms with Gasteiger partial charge in [-0.2, -0.15) is 4.31 Å². The second kappa shape index (κ2) is 4.76. The van der Waals surface area contributed by atoms with Crippen LogP contribution in [0.5, 0.6) is 0 Å². The van der Waals surface area contributed by atoms with E-state index in [1.807, 2.05) is 20.8 Å². The molecule has 1 aromatic heterocycles. The van der Waals surface area contributed by atoms with Crippen molar-refractivity contribution in [1.82, 2.24) is 4.31 Å². The summed E-state index contributed by atoms with van der Waals surface area (Å²) < 4.78 is 27.2. The van der Waals surface area contributed by atoms with E-state index in [1.165, 1.54) is 15.6 Å². The molecule has 1 heterocycles. The third-order valence-corrected chi connectivity index (χ3v) is 7.04. The van der Waals surface area contributed by atoms with Crippen molar-refractivity contribution in [2.45, 2.75) is 36.9 Å². The lowest BCUT2D eigenvalue weighted by Gasteiger charge is -2.33. The van der Waals surface area contributed by atoms with E-state index < -0.39 is 10.0 Å². The van der Waals surface area contributed by atoms with Crippen LogP contribution in [0.2, 0.25) is 0 Å². The minimum atomic E-state index is -3.37. The molecule has 92 valence electrons. The summed E-state index contributed by atoms with van der Waals surface area (Å²) in [6.45, 7) is 5.83. The topological polar surface area (TPSA) is 37.4 Å². The standard InChI is InChI=1S/C10H16BrNO2S2/c1-5-10(2,3)12(4)16(13,14)9-7-6-8(11)15-9/h6-7H,5H2,1-4H3. The Kier molecular flexibility index (Phi) is 4.21. The molecule has 0 aromatic carbocycles. The molecule has 0 spiro atoms. The van der Waals surface area contributed by atoms with Crippen molar-refractivity contribution >= 4 is 37.3 Å². The number of nitrogens with zero attached hydrogens (tertiary/aromatic N) is 1. The summed E-state index contributed by atoms with van der Waals surface area (Å²) in [5, 5.41) is 0. The second-order valence-electron chi connectivity index (χ2n) is 4.20. The number of sulfonamides is 1. The molecule has 0 aliphatic rings. The maximum atomic E-state index is 12.3. The van der Waals surface area contributed by atoms with Gasteiger partial charge in [0.25, 0.3) is 10.0 Å². The highest BCUT2D eigenvalue weighted by molar-refractivity contribution is 9.11. The first-order valence-corrected chi connectivity index (χ1v) is 8.01. The number of thiophene rings is 1. The van der Waals surface area contributed by atoms with E-state index in [0.29, 0.717) is 4.21 Å². The number of hydrogen-bond donors (Lipinski definition) is 0. The maximum absolute atomic E-state index is 12.3. The zero-order valence-corrected chi connectivity index (χ0v) is 13.0. The summed E-state index contributed by atoms with van der Waals surface area (Å²) in [4.78, 5) is 0. The quantitative estimate of drug-likeness (QED) is 0.851. The van der Waals surface area contributed by atoms with Gasteiger partial charge >= 0.3 is 0 Å². The average Bonchev–Trinajstić information content (AvgIpc) is 2.64. The molecule has 0 aliphatic carbocycles. The molecule has 0 radical (unpaired) electrons. The number of halogens is 1. The lowest BCUT2D eigenvalue weighted by atomic mass is 10.0. The first-order chi connectivity index (χ1) is 7.21. The average molecular weight is 326 g/mol. The minimum absolute atomic E-state index is 0.366. The van der Waals surface area contributed by atoms with Gasteiger partial charge in [0.2, 0.25) is 0 Å². The molecule has 16 heavy (non-hydrogen) atoms. The van der Waals surface area contributed by atoms with Gasteiger partial charge in [-0.1, -0.05) is 6.92 Å². The molecule has 0 saturated heterocycles. The predicted octanol–water partition coefficient (Wildman–Crippen LogP) is 3.32. The first-order valence-electron chi connectivity index (χ1n) is 4.96. The van der Waals surface area contributed by atoms with Gasteiger partial charge in [-0.3, -0.25) is 0 Å². The van der Waals surface area contributed by atoms with Gasteiger partial charge in [-0.25, -0.2) is 8.42 Å². The van der Waals surface area contributed by atoms with Crippen molar-refractivity contribution < 1.29 is 8.42 Å². The highest BCUT2D eigenvalue weighted by atomic mass is 79.9. The maximum Gasteiger partial charge on any atom is 0.252 e. The summed E-state index contributed by atoms with van der Waals surface area (Å²) in [6, 6.07) is 3.39. The molecule has 0 fully saturated rings. The van der Waals surface area contributed by atoms with Crippen molar-refractivity contribution in [2.24, 2.45) is 0 Å². The van der Waals surface area contributed by atoms with E-state index in [2.05, 4.69) is 15.9 Å². The Labute approximate surface area is 110 Å². The Morgan fingerprint density at radius 3 is 2.38 bits per heavy atom. The molecular weight excluding hydrogens is 310 g/mol. The monoisotopic (exact) mass is 325 g/mol. The molecule has 0 unspecified atom stereocenters. The molecule has 0 aliphatic heterocycles. The summed E-state index contributed by atoms with van der Waals surface area (Å²) in [5.41, 5.74) is -0.366. The first kappa shape index (κ1) is 14.2. The zero-order chi connectivity index (χ0) is 12.6. The minimum Gasteiger partial charge on any atom is -0.206 e. The Balaban J connectivity index is 3.13. The van der Waals surface area contributed by atoms with Gasteiger partial charge in [0.1, 0.15) is 4.21 Å². The van der Waals surface area contributed by atoms with Gasteiger partial charge in [-0.15, -0.1) is 11.3 Å². The van der Waals surface area contributed by atoms with Crippen LogP contribution in [0.1, 0.15) is 27.2 Å². The van der Waals surface area contributed by atoms with Crippen molar-refractivity contribution in [3.63, 3.8) is 0 Å². The number of hydrogen-bond acceptors (Lipinski definition) is 3. The molecule has 0 amide bonds. The van der Waals surface area contributed by atoms with Gasteiger partial charge in [0.05, 0.1) is 3.79 Å². The van der Waals surface area contributed by atoms with Crippen LogP contribution < -0.4 is 0 Å².